The molecular weight excluding hydrogens is 340 g/mol. The number of hydrogen-bond acceptors (Lipinski definition) is 4. The molecule has 1 saturated carbocycles. The van der Waals surface area contributed by atoms with Crippen LogP contribution in [0.1, 0.15) is 54.7 Å². The Labute approximate surface area is 158 Å². The number of pyridine rings is 1. The average molecular weight is 364 g/mol. The topological polar surface area (TPSA) is 80.0 Å². The predicted molar refractivity (Wildman–Crippen MR) is 103 cm³/mol. The summed E-state index contributed by atoms with van der Waals surface area (Å²) in [5, 5.41) is 18.2. The SMILES string of the molecule is CC(C)n1cc(C(=O)NC(c2cnc3ccccc3c2)C2CC(O)C2)cn1. The van der Waals surface area contributed by atoms with Crippen molar-refractivity contribution < 1.29 is 9.90 Å². The summed E-state index contributed by atoms with van der Waals surface area (Å²) in [7, 11) is 0. The largest absolute Gasteiger partial charge is 0.393 e. The van der Waals surface area contributed by atoms with Crippen LogP contribution in [0, 0.1) is 5.92 Å². The number of para-hydroxylation sites is 1. The summed E-state index contributed by atoms with van der Waals surface area (Å²) in [6.45, 7) is 4.04. The number of nitrogens with one attached hydrogen (secondary N) is 1. The molecule has 0 aliphatic heterocycles. The molecule has 4 rings (SSSR count). The molecule has 0 saturated heterocycles. The monoisotopic (exact) mass is 364 g/mol. The zero-order valence-corrected chi connectivity index (χ0v) is 15.5. The maximum absolute atomic E-state index is 12.8. The maximum Gasteiger partial charge on any atom is 0.254 e. The third-order valence-electron chi connectivity index (χ3n) is 5.27. The lowest BCUT2D eigenvalue weighted by Gasteiger charge is -2.38. The minimum Gasteiger partial charge on any atom is -0.393 e. The van der Waals surface area contributed by atoms with Crippen molar-refractivity contribution >= 4 is 16.8 Å². The van der Waals surface area contributed by atoms with Gasteiger partial charge in [-0.1, -0.05) is 18.2 Å². The minimum atomic E-state index is -0.286. The maximum atomic E-state index is 12.8. The second-order valence-electron chi connectivity index (χ2n) is 7.60. The van der Waals surface area contributed by atoms with E-state index >= 15 is 0 Å². The number of nitrogens with zero attached hydrogens (tertiary/aromatic N) is 3. The molecule has 6 heteroatoms. The summed E-state index contributed by atoms with van der Waals surface area (Å²) in [4.78, 5) is 17.3. The van der Waals surface area contributed by atoms with E-state index in [1.54, 1.807) is 17.1 Å². The van der Waals surface area contributed by atoms with Gasteiger partial charge in [0.15, 0.2) is 0 Å². The van der Waals surface area contributed by atoms with Gasteiger partial charge in [-0.05, 0) is 50.3 Å². The van der Waals surface area contributed by atoms with Gasteiger partial charge in [-0.25, -0.2) is 0 Å². The molecular formula is C21H24N4O2. The van der Waals surface area contributed by atoms with Crippen molar-refractivity contribution in [1.82, 2.24) is 20.1 Å². The van der Waals surface area contributed by atoms with Gasteiger partial charge in [0, 0.05) is 23.8 Å². The van der Waals surface area contributed by atoms with Crippen molar-refractivity contribution in [1.29, 1.82) is 0 Å². The third kappa shape index (κ3) is 3.57. The van der Waals surface area contributed by atoms with Crippen LogP contribution in [0.25, 0.3) is 10.9 Å². The van der Waals surface area contributed by atoms with Crippen LogP contribution in [0.3, 0.4) is 0 Å². The quantitative estimate of drug-likeness (QED) is 0.728. The van der Waals surface area contributed by atoms with Crippen LogP contribution < -0.4 is 5.32 Å². The Bertz CT molecular complexity index is 959. The Balaban J connectivity index is 1.61. The summed E-state index contributed by atoms with van der Waals surface area (Å²) in [6.07, 6.45) is 6.28. The van der Waals surface area contributed by atoms with Crippen molar-refractivity contribution in [3.63, 3.8) is 0 Å². The number of carbonyl (C=O) groups is 1. The molecule has 2 N–H and O–H groups in total. The first-order chi connectivity index (χ1) is 13.0. The molecule has 0 bridgehead atoms. The predicted octanol–water partition coefficient (Wildman–Crippen LogP) is 3.25. The van der Waals surface area contributed by atoms with Gasteiger partial charge in [-0.15, -0.1) is 0 Å². The highest BCUT2D eigenvalue weighted by Gasteiger charge is 2.36. The number of aliphatic hydroxyl groups is 1. The molecule has 1 fully saturated rings. The number of carbonyl (C=O) groups excluding carboxylic acids is 1. The van der Waals surface area contributed by atoms with Gasteiger partial charge < -0.3 is 10.4 Å². The molecule has 0 radical (unpaired) electrons. The van der Waals surface area contributed by atoms with Crippen molar-refractivity contribution in [3.05, 3.63) is 60.0 Å². The van der Waals surface area contributed by atoms with Gasteiger partial charge in [0.05, 0.1) is 29.4 Å². The van der Waals surface area contributed by atoms with E-state index in [4.69, 9.17) is 0 Å². The molecule has 1 aromatic carbocycles. The van der Waals surface area contributed by atoms with Gasteiger partial charge in [0.25, 0.3) is 5.91 Å². The van der Waals surface area contributed by atoms with Crippen molar-refractivity contribution in [2.24, 2.45) is 5.92 Å². The minimum absolute atomic E-state index is 0.151. The molecule has 1 aliphatic rings. The number of aliphatic hydroxyl groups excluding tert-OH is 1. The first-order valence-electron chi connectivity index (χ1n) is 9.39. The molecule has 27 heavy (non-hydrogen) atoms. The fourth-order valence-corrected chi connectivity index (χ4v) is 3.60. The van der Waals surface area contributed by atoms with E-state index in [0.717, 1.165) is 16.5 Å². The van der Waals surface area contributed by atoms with Crippen LogP contribution >= 0.6 is 0 Å². The molecule has 1 amide bonds. The molecule has 2 heterocycles. The average Bonchev–Trinajstić information content (AvgIpc) is 3.14. The number of hydrogen-bond donors (Lipinski definition) is 2. The number of benzene rings is 1. The highest BCUT2D eigenvalue weighted by molar-refractivity contribution is 5.94. The Morgan fingerprint density at radius 2 is 2.04 bits per heavy atom. The fourth-order valence-electron chi connectivity index (χ4n) is 3.60. The fraction of sp³-hybridized carbons (Fsp3) is 0.381. The van der Waals surface area contributed by atoms with Crippen molar-refractivity contribution in [2.75, 3.05) is 0 Å². The van der Waals surface area contributed by atoms with Gasteiger partial charge in [-0.3, -0.25) is 14.5 Å². The van der Waals surface area contributed by atoms with Crippen LogP contribution in [0.4, 0.5) is 0 Å². The molecule has 1 atom stereocenters. The highest BCUT2D eigenvalue weighted by Crippen LogP contribution is 2.38. The number of rotatable bonds is 5. The van der Waals surface area contributed by atoms with Gasteiger partial charge in [0.1, 0.15) is 0 Å². The van der Waals surface area contributed by atoms with Crippen molar-refractivity contribution in [3.8, 4) is 0 Å². The lowest BCUT2D eigenvalue weighted by Crippen LogP contribution is -2.41. The van der Waals surface area contributed by atoms with E-state index in [1.807, 2.05) is 44.3 Å². The van der Waals surface area contributed by atoms with Crippen LogP contribution in [-0.4, -0.2) is 31.9 Å². The molecule has 3 aromatic rings. The molecule has 1 aliphatic carbocycles. The Morgan fingerprint density at radius 1 is 1.26 bits per heavy atom. The summed E-state index contributed by atoms with van der Waals surface area (Å²) in [5.41, 5.74) is 2.44. The van der Waals surface area contributed by atoms with Crippen molar-refractivity contribution in [2.45, 2.75) is 44.9 Å². The van der Waals surface area contributed by atoms with Gasteiger partial charge >= 0.3 is 0 Å². The normalized spacial score (nSPS) is 20.4. The zero-order chi connectivity index (χ0) is 19.0. The van der Waals surface area contributed by atoms with Crippen LogP contribution in [-0.2, 0) is 0 Å². The third-order valence-corrected chi connectivity index (χ3v) is 5.27. The van der Waals surface area contributed by atoms with Gasteiger partial charge in [-0.2, -0.15) is 5.10 Å². The Morgan fingerprint density at radius 3 is 2.74 bits per heavy atom. The first kappa shape index (κ1) is 17.7. The van der Waals surface area contributed by atoms with Gasteiger partial charge in [0.2, 0.25) is 0 Å². The lowest BCUT2D eigenvalue weighted by molar-refractivity contribution is 0.0235. The molecule has 140 valence electrons. The second-order valence-corrected chi connectivity index (χ2v) is 7.60. The van der Waals surface area contributed by atoms with E-state index in [1.165, 1.54) is 0 Å². The molecule has 2 aromatic heterocycles. The van der Waals surface area contributed by atoms with E-state index in [9.17, 15) is 9.90 Å². The van der Waals surface area contributed by atoms with E-state index < -0.39 is 0 Å². The summed E-state index contributed by atoms with van der Waals surface area (Å²) in [6, 6.07) is 10.0. The lowest BCUT2D eigenvalue weighted by atomic mass is 9.75. The summed E-state index contributed by atoms with van der Waals surface area (Å²) in [5.74, 6) is 0.0495. The molecule has 6 nitrogen and oxygen atoms in total. The van der Waals surface area contributed by atoms with E-state index in [0.29, 0.717) is 18.4 Å². The Hall–Kier alpha value is -2.73. The highest BCUT2D eigenvalue weighted by atomic mass is 16.3. The number of aromatic nitrogens is 3. The zero-order valence-electron chi connectivity index (χ0n) is 15.5. The van der Waals surface area contributed by atoms with Crippen LogP contribution in [0.15, 0.2) is 48.9 Å². The smallest absolute Gasteiger partial charge is 0.254 e. The standard InChI is InChI=1S/C21H24N4O2/c1-13(2)25-12-17(11-23-25)21(27)24-20(15-8-18(26)9-15)16-7-14-5-3-4-6-19(14)22-10-16/h3-7,10-13,15,18,20,26H,8-9H2,1-2H3,(H,24,27). The molecule has 1 unspecified atom stereocenters. The van der Waals surface area contributed by atoms with Crippen LogP contribution in [0.2, 0.25) is 0 Å². The van der Waals surface area contributed by atoms with E-state index in [-0.39, 0.29) is 30.0 Å². The summed E-state index contributed by atoms with van der Waals surface area (Å²) >= 11 is 0. The Kier molecular flexibility index (Phi) is 4.66. The first-order valence-corrected chi connectivity index (χ1v) is 9.39. The summed E-state index contributed by atoms with van der Waals surface area (Å²) < 4.78 is 1.77. The second kappa shape index (κ2) is 7.12. The van der Waals surface area contributed by atoms with E-state index in [2.05, 4.69) is 21.5 Å². The number of fused-ring (bicyclic) bond motifs is 1. The molecule has 0 spiro atoms. The number of amides is 1. The van der Waals surface area contributed by atoms with Crippen LogP contribution in [0.5, 0.6) is 0 Å².